The highest BCUT2D eigenvalue weighted by atomic mass is 35.5. The summed E-state index contributed by atoms with van der Waals surface area (Å²) >= 11 is 6.33. The molecule has 0 saturated carbocycles. The van der Waals surface area contributed by atoms with Gasteiger partial charge in [0.1, 0.15) is 36.4 Å². The van der Waals surface area contributed by atoms with E-state index in [0.717, 1.165) is 5.39 Å². The van der Waals surface area contributed by atoms with Gasteiger partial charge in [0.2, 0.25) is 5.28 Å². The second-order valence-electron chi connectivity index (χ2n) is 10.7. The van der Waals surface area contributed by atoms with Crippen LogP contribution in [0, 0.1) is 5.92 Å². The van der Waals surface area contributed by atoms with Crippen LogP contribution in [-0.4, -0.2) is 73.3 Å². The van der Waals surface area contributed by atoms with Crippen LogP contribution in [0.3, 0.4) is 0 Å². The smallest absolute Gasteiger partial charge is 0.459 e. The number of nitrogens with two attached hydrogens (primary N) is 1. The van der Waals surface area contributed by atoms with Crippen molar-refractivity contribution in [2.75, 3.05) is 18.9 Å². The van der Waals surface area contributed by atoms with Gasteiger partial charge in [-0.3, -0.25) is 13.9 Å². The number of fused-ring (bicyclic) bond motifs is 2. The van der Waals surface area contributed by atoms with E-state index in [4.69, 9.17) is 35.9 Å². The highest BCUT2D eigenvalue weighted by Gasteiger charge is 2.47. The average molecular weight is 649 g/mol. The minimum Gasteiger partial charge on any atom is -0.465 e. The average Bonchev–Trinajstić information content (AvgIpc) is 3.47. The Morgan fingerprint density at radius 2 is 1.93 bits per heavy atom. The second kappa shape index (κ2) is 13.3. The van der Waals surface area contributed by atoms with E-state index in [9.17, 15) is 19.6 Å². The largest absolute Gasteiger partial charge is 0.465 e. The van der Waals surface area contributed by atoms with Gasteiger partial charge < -0.3 is 29.9 Å². The van der Waals surface area contributed by atoms with Gasteiger partial charge in [0.25, 0.3) is 0 Å². The lowest BCUT2D eigenvalue weighted by atomic mass is 10.1. The number of aliphatic hydroxyl groups is 2. The number of ether oxygens (including phenoxy) is 2. The molecule has 1 unspecified atom stereocenters. The highest BCUT2D eigenvalue weighted by Crippen LogP contribution is 2.48. The number of halogens is 1. The zero-order valence-electron chi connectivity index (χ0n) is 24.2. The van der Waals surface area contributed by atoms with E-state index < -0.39 is 50.9 Å². The summed E-state index contributed by atoms with van der Waals surface area (Å²) in [7, 11) is -4.38. The summed E-state index contributed by atoms with van der Waals surface area (Å²) in [5, 5.41) is 26.0. The van der Waals surface area contributed by atoms with Gasteiger partial charge in [-0.15, -0.1) is 0 Å². The Bertz CT molecular complexity index is 1680. The minimum absolute atomic E-state index is 0.0198. The molecular weight excluding hydrogens is 615 g/mol. The first-order valence-corrected chi connectivity index (χ1v) is 15.9. The number of nitrogens with one attached hydrogen (secondary N) is 1. The van der Waals surface area contributed by atoms with Gasteiger partial charge in [-0.2, -0.15) is 5.09 Å². The fourth-order valence-electron chi connectivity index (χ4n) is 4.98. The molecule has 1 saturated heterocycles. The fourth-order valence-corrected chi connectivity index (χ4v) is 6.77. The quantitative estimate of drug-likeness (QED) is 0.0990. The zero-order valence-corrected chi connectivity index (χ0v) is 25.9. The van der Waals surface area contributed by atoms with E-state index in [0.29, 0.717) is 5.39 Å². The third-order valence-corrected chi connectivity index (χ3v) is 8.84. The number of hydrogen-bond donors (Lipinski definition) is 4. The van der Waals surface area contributed by atoms with E-state index in [1.807, 2.05) is 38.1 Å². The van der Waals surface area contributed by atoms with Crippen LogP contribution in [0.5, 0.6) is 5.75 Å². The van der Waals surface area contributed by atoms with Crippen LogP contribution < -0.4 is 15.3 Å². The molecular formula is C28H34ClN6O8P. The number of aromatic nitrogens is 4. The maximum atomic E-state index is 14.4. The number of aliphatic hydroxyl groups excluding tert-OH is 2. The Morgan fingerprint density at radius 3 is 2.68 bits per heavy atom. The Morgan fingerprint density at radius 1 is 1.18 bits per heavy atom. The number of rotatable bonds is 12. The van der Waals surface area contributed by atoms with Crippen LogP contribution in [0.15, 0.2) is 48.8 Å². The lowest BCUT2D eigenvalue weighted by Crippen LogP contribution is -2.40. The first-order chi connectivity index (χ1) is 21.0. The SMILES string of the molecule is CCOC(=O)[C@H](CC(C)C)NP(=O)(OC[C@H]1O[C@@H](n2c(Cl)nc3c(N)ncnc32)[C@@H](O)[C@H]1O)Oc1cccc2ccccc12. The van der Waals surface area contributed by atoms with Gasteiger partial charge in [0.15, 0.2) is 23.2 Å². The van der Waals surface area contributed by atoms with Crippen LogP contribution in [-0.2, 0) is 23.4 Å². The predicted octanol–water partition coefficient (Wildman–Crippen LogP) is 3.61. The molecule has 0 aliphatic carbocycles. The zero-order chi connectivity index (χ0) is 31.6. The summed E-state index contributed by atoms with van der Waals surface area (Å²) in [4.78, 5) is 25.0. The van der Waals surface area contributed by atoms with Crippen molar-refractivity contribution in [2.24, 2.45) is 5.92 Å². The molecule has 2 aromatic heterocycles. The molecule has 0 amide bonds. The van der Waals surface area contributed by atoms with E-state index in [2.05, 4.69) is 20.0 Å². The summed E-state index contributed by atoms with van der Waals surface area (Å²) in [5.41, 5.74) is 6.25. The standard InChI is InChI=1S/C28H34ClN6O8P/c1-4-40-27(38)18(12-15(2)3)34-44(39,43-19-11-7-9-16-8-5-6-10-17(16)19)41-13-20-22(36)23(37)26(42-20)35-25-21(33-28(35)29)24(30)31-14-32-25/h5-11,14-15,18,20,22-23,26,36-37H,4,12-13H2,1-3H3,(H,34,39)(H2,30,31,32)/t18-,20+,22-,23-,26+,44?/m0/s1. The summed E-state index contributed by atoms with van der Waals surface area (Å²) in [6.45, 7) is 5.08. The maximum absolute atomic E-state index is 14.4. The van der Waals surface area contributed by atoms with Crippen LogP contribution in [0.25, 0.3) is 21.9 Å². The molecule has 14 nitrogen and oxygen atoms in total. The molecule has 1 aliphatic rings. The van der Waals surface area contributed by atoms with Crippen molar-refractivity contribution in [3.05, 3.63) is 54.1 Å². The van der Waals surface area contributed by atoms with E-state index in [1.165, 1.54) is 10.9 Å². The molecule has 0 bridgehead atoms. The van der Waals surface area contributed by atoms with Gasteiger partial charge >= 0.3 is 13.7 Å². The van der Waals surface area contributed by atoms with Gasteiger partial charge in [0.05, 0.1) is 13.2 Å². The first kappa shape index (κ1) is 32.0. The molecule has 44 heavy (non-hydrogen) atoms. The number of hydrogen-bond acceptors (Lipinski definition) is 12. The molecule has 2 aromatic carbocycles. The van der Waals surface area contributed by atoms with Crippen molar-refractivity contribution >= 4 is 53.1 Å². The molecule has 4 aromatic rings. The molecule has 16 heteroatoms. The summed E-state index contributed by atoms with van der Waals surface area (Å²) < 4.78 is 38.7. The summed E-state index contributed by atoms with van der Waals surface area (Å²) in [6, 6.07) is 11.5. The van der Waals surface area contributed by atoms with Gasteiger partial charge in [-0.05, 0) is 42.3 Å². The number of nitrogen functional groups attached to an aromatic ring is 1. The molecule has 1 aliphatic heterocycles. The first-order valence-electron chi connectivity index (χ1n) is 14.0. The van der Waals surface area contributed by atoms with Crippen molar-refractivity contribution in [3.8, 4) is 5.75 Å². The lowest BCUT2D eigenvalue weighted by molar-refractivity contribution is -0.145. The summed E-state index contributed by atoms with van der Waals surface area (Å²) in [5.74, 6) is -0.293. The predicted molar refractivity (Wildman–Crippen MR) is 162 cm³/mol. The Balaban J connectivity index is 1.43. The third-order valence-electron chi connectivity index (χ3n) is 7.02. The van der Waals surface area contributed by atoms with Crippen LogP contribution in [0.4, 0.5) is 5.82 Å². The van der Waals surface area contributed by atoms with Gasteiger partial charge in [0, 0.05) is 5.39 Å². The number of benzene rings is 2. The number of carbonyl (C=O) groups excluding carboxylic acids is 1. The number of anilines is 1. The van der Waals surface area contributed by atoms with Gasteiger partial charge in [-0.1, -0.05) is 50.2 Å². The molecule has 3 heterocycles. The van der Waals surface area contributed by atoms with E-state index >= 15 is 0 Å². The Hall–Kier alpha value is -3.36. The van der Waals surface area contributed by atoms with Crippen molar-refractivity contribution in [3.63, 3.8) is 0 Å². The van der Waals surface area contributed by atoms with Crippen molar-refractivity contribution in [2.45, 2.75) is 57.8 Å². The maximum Gasteiger partial charge on any atom is 0.459 e. The molecule has 0 radical (unpaired) electrons. The van der Waals surface area contributed by atoms with Crippen LogP contribution in [0.1, 0.15) is 33.4 Å². The Labute approximate surface area is 258 Å². The fraction of sp³-hybridized carbons (Fsp3) is 0.429. The normalized spacial score (nSPS) is 22.3. The molecule has 1 fully saturated rings. The molecule has 5 rings (SSSR count). The van der Waals surface area contributed by atoms with Crippen molar-refractivity contribution < 1.29 is 38.1 Å². The molecule has 6 atom stereocenters. The third kappa shape index (κ3) is 6.66. The summed E-state index contributed by atoms with van der Waals surface area (Å²) in [6.07, 6.45) is -3.99. The number of nitrogens with zero attached hydrogens (tertiary/aromatic N) is 4. The number of carbonyl (C=O) groups is 1. The lowest BCUT2D eigenvalue weighted by Gasteiger charge is -2.27. The van der Waals surface area contributed by atoms with E-state index in [1.54, 1.807) is 25.1 Å². The molecule has 5 N–H and O–H groups in total. The van der Waals surface area contributed by atoms with Gasteiger partial charge in [-0.25, -0.2) is 19.5 Å². The van der Waals surface area contributed by atoms with Crippen LogP contribution >= 0.6 is 19.3 Å². The van der Waals surface area contributed by atoms with E-state index in [-0.39, 0.29) is 47.0 Å². The van der Waals surface area contributed by atoms with Crippen molar-refractivity contribution in [1.82, 2.24) is 24.6 Å². The van der Waals surface area contributed by atoms with Crippen LogP contribution in [0.2, 0.25) is 5.28 Å². The number of esters is 1. The Kier molecular flexibility index (Phi) is 9.71. The monoisotopic (exact) mass is 648 g/mol. The minimum atomic E-state index is -4.38. The highest BCUT2D eigenvalue weighted by molar-refractivity contribution is 7.52. The molecule has 236 valence electrons. The number of imidazole rings is 1. The topological polar surface area (TPSA) is 193 Å². The molecule has 0 spiro atoms. The van der Waals surface area contributed by atoms with Crippen molar-refractivity contribution in [1.29, 1.82) is 0 Å². The second-order valence-corrected chi connectivity index (χ2v) is 12.7.